The number of aliphatic hydroxyl groups excluding tert-OH is 1. The standard InChI is InChI=1S/C14H22ClNO/c1-4-11(3)16-14(5-2,10-17)12-7-6-8-13(15)9-12/h6-9,11,16-17H,4-5,10H2,1-3H3. The first-order chi connectivity index (χ1) is 8.07. The van der Waals surface area contributed by atoms with E-state index in [2.05, 4.69) is 26.1 Å². The van der Waals surface area contributed by atoms with Gasteiger partial charge in [0.05, 0.1) is 12.1 Å². The number of rotatable bonds is 6. The van der Waals surface area contributed by atoms with E-state index < -0.39 is 0 Å². The molecular formula is C14H22ClNO. The van der Waals surface area contributed by atoms with E-state index in [0.717, 1.165) is 18.4 Å². The third-order valence-electron chi connectivity index (χ3n) is 3.39. The molecule has 2 unspecified atom stereocenters. The largest absolute Gasteiger partial charge is 0.394 e. The fourth-order valence-corrected chi connectivity index (χ4v) is 2.19. The first kappa shape index (κ1) is 14.5. The molecule has 0 aromatic heterocycles. The molecule has 0 aliphatic heterocycles. The highest BCUT2D eigenvalue weighted by atomic mass is 35.5. The first-order valence-electron chi connectivity index (χ1n) is 6.22. The Hall–Kier alpha value is -0.570. The molecule has 0 aliphatic rings. The Morgan fingerprint density at radius 2 is 2.12 bits per heavy atom. The van der Waals surface area contributed by atoms with E-state index in [1.165, 1.54) is 0 Å². The predicted octanol–water partition coefficient (Wildman–Crippen LogP) is 3.33. The van der Waals surface area contributed by atoms with E-state index in [9.17, 15) is 5.11 Å². The first-order valence-corrected chi connectivity index (χ1v) is 6.60. The molecule has 0 bridgehead atoms. The van der Waals surface area contributed by atoms with E-state index in [0.29, 0.717) is 11.1 Å². The summed E-state index contributed by atoms with van der Waals surface area (Å²) in [6.07, 6.45) is 1.86. The molecule has 0 spiro atoms. The van der Waals surface area contributed by atoms with E-state index in [-0.39, 0.29) is 12.1 Å². The number of nitrogens with one attached hydrogen (secondary N) is 1. The number of aliphatic hydroxyl groups is 1. The minimum atomic E-state index is -0.389. The van der Waals surface area contributed by atoms with Gasteiger partial charge in [-0.15, -0.1) is 0 Å². The van der Waals surface area contributed by atoms with Crippen LogP contribution in [0.1, 0.15) is 39.2 Å². The van der Waals surface area contributed by atoms with E-state index in [4.69, 9.17) is 11.6 Å². The molecule has 2 N–H and O–H groups in total. The summed E-state index contributed by atoms with van der Waals surface area (Å²) in [6.45, 7) is 6.42. The summed E-state index contributed by atoms with van der Waals surface area (Å²) in [5, 5.41) is 14.0. The monoisotopic (exact) mass is 255 g/mol. The third kappa shape index (κ3) is 3.44. The van der Waals surface area contributed by atoms with Gasteiger partial charge in [-0.25, -0.2) is 0 Å². The lowest BCUT2D eigenvalue weighted by Gasteiger charge is -2.35. The number of hydrogen-bond donors (Lipinski definition) is 2. The number of benzene rings is 1. The average Bonchev–Trinajstić information content (AvgIpc) is 2.35. The lowest BCUT2D eigenvalue weighted by Crippen LogP contribution is -2.49. The van der Waals surface area contributed by atoms with Gasteiger partial charge in [-0.2, -0.15) is 0 Å². The summed E-state index contributed by atoms with van der Waals surface area (Å²) >= 11 is 6.03. The smallest absolute Gasteiger partial charge is 0.0669 e. The molecule has 0 heterocycles. The third-order valence-corrected chi connectivity index (χ3v) is 3.62. The maximum Gasteiger partial charge on any atom is 0.0669 e. The molecule has 96 valence electrons. The van der Waals surface area contributed by atoms with Crippen LogP contribution in [-0.2, 0) is 5.54 Å². The molecule has 0 fully saturated rings. The van der Waals surface area contributed by atoms with Gasteiger partial charge in [0.25, 0.3) is 0 Å². The van der Waals surface area contributed by atoms with Crippen molar-refractivity contribution in [2.45, 2.75) is 45.2 Å². The number of halogens is 1. The lowest BCUT2D eigenvalue weighted by atomic mass is 9.87. The molecule has 1 aromatic rings. The van der Waals surface area contributed by atoms with Gasteiger partial charge in [0.2, 0.25) is 0 Å². The van der Waals surface area contributed by atoms with Gasteiger partial charge in [-0.05, 0) is 37.5 Å². The highest BCUT2D eigenvalue weighted by Gasteiger charge is 2.30. The molecule has 1 rings (SSSR count). The van der Waals surface area contributed by atoms with E-state index >= 15 is 0 Å². The summed E-state index contributed by atoms with van der Waals surface area (Å²) < 4.78 is 0. The molecule has 0 saturated heterocycles. The van der Waals surface area contributed by atoms with Crippen molar-refractivity contribution in [3.05, 3.63) is 34.9 Å². The van der Waals surface area contributed by atoms with Gasteiger partial charge >= 0.3 is 0 Å². The zero-order chi connectivity index (χ0) is 12.9. The normalized spacial score (nSPS) is 16.5. The van der Waals surface area contributed by atoms with Crippen molar-refractivity contribution in [3.63, 3.8) is 0 Å². The zero-order valence-electron chi connectivity index (χ0n) is 10.8. The van der Waals surface area contributed by atoms with Crippen LogP contribution in [0, 0.1) is 0 Å². The fourth-order valence-electron chi connectivity index (χ4n) is 2.00. The molecule has 17 heavy (non-hydrogen) atoms. The van der Waals surface area contributed by atoms with Crippen LogP contribution >= 0.6 is 11.6 Å². The predicted molar refractivity (Wildman–Crippen MR) is 73.4 cm³/mol. The number of hydrogen-bond acceptors (Lipinski definition) is 2. The second kappa shape index (κ2) is 6.39. The van der Waals surface area contributed by atoms with Crippen LogP contribution in [0.4, 0.5) is 0 Å². The molecule has 2 nitrogen and oxygen atoms in total. The maximum absolute atomic E-state index is 9.76. The van der Waals surface area contributed by atoms with Crippen LogP contribution in [-0.4, -0.2) is 17.8 Å². The molecule has 0 saturated carbocycles. The summed E-state index contributed by atoms with van der Waals surface area (Å²) in [4.78, 5) is 0. The Kier molecular flexibility index (Phi) is 5.44. The second-order valence-corrected chi connectivity index (χ2v) is 4.99. The zero-order valence-corrected chi connectivity index (χ0v) is 11.6. The Morgan fingerprint density at radius 1 is 1.41 bits per heavy atom. The van der Waals surface area contributed by atoms with Crippen molar-refractivity contribution in [3.8, 4) is 0 Å². The van der Waals surface area contributed by atoms with Gasteiger partial charge in [-0.1, -0.05) is 37.6 Å². The van der Waals surface area contributed by atoms with Crippen molar-refractivity contribution in [2.24, 2.45) is 0 Å². The van der Waals surface area contributed by atoms with Crippen LogP contribution < -0.4 is 5.32 Å². The van der Waals surface area contributed by atoms with E-state index in [1.807, 2.05) is 24.3 Å². The minimum Gasteiger partial charge on any atom is -0.394 e. The molecule has 3 heteroatoms. The van der Waals surface area contributed by atoms with Gasteiger partial charge < -0.3 is 10.4 Å². The van der Waals surface area contributed by atoms with Crippen LogP contribution in [0.15, 0.2) is 24.3 Å². The van der Waals surface area contributed by atoms with Crippen molar-refractivity contribution in [1.82, 2.24) is 5.32 Å². The van der Waals surface area contributed by atoms with Gasteiger partial charge in [0.15, 0.2) is 0 Å². The molecule has 0 amide bonds. The molecule has 1 aromatic carbocycles. The Balaban J connectivity index is 3.06. The second-order valence-electron chi connectivity index (χ2n) is 4.56. The quantitative estimate of drug-likeness (QED) is 0.817. The van der Waals surface area contributed by atoms with Crippen molar-refractivity contribution in [2.75, 3.05) is 6.61 Å². The maximum atomic E-state index is 9.76. The molecule has 0 aliphatic carbocycles. The highest BCUT2D eigenvalue weighted by molar-refractivity contribution is 6.30. The molecule has 0 radical (unpaired) electrons. The van der Waals surface area contributed by atoms with Gasteiger partial charge in [-0.3, -0.25) is 0 Å². The average molecular weight is 256 g/mol. The van der Waals surface area contributed by atoms with Crippen molar-refractivity contribution >= 4 is 11.6 Å². The van der Waals surface area contributed by atoms with Crippen LogP contribution in [0.2, 0.25) is 5.02 Å². The molecular weight excluding hydrogens is 234 g/mol. The SMILES string of the molecule is CCC(C)NC(CC)(CO)c1cccc(Cl)c1. The van der Waals surface area contributed by atoms with Crippen LogP contribution in [0.25, 0.3) is 0 Å². The lowest BCUT2D eigenvalue weighted by molar-refractivity contribution is 0.143. The Bertz CT molecular complexity index is 350. The van der Waals surface area contributed by atoms with Crippen molar-refractivity contribution < 1.29 is 5.11 Å². The Morgan fingerprint density at radius 3 is 2.59 bits per heavy atom. The Labute approximate surface area is 109 Å². The van der Waals surface area contributed by atoms with Gasteiger partial charge in [0, 0.05) is 11.1 Å². The topological polar surface area (TPSA) is 32.3 Å². The van der Waals surface area contributed by atoms with E-state index in [1.54, 1.807) is 0 Å². The molecule has 2 atom stereocenters. The summed E-state index contributed by atoms with van der Waals surface area (Å²) in [6, 6.07) is 8.08. The summed E-state index contributed by atoms with van der Waals surface area (Å²) in [5.41, 5.74) is 0.663. The summed E-state index contributed by atoms with van der Waals surface area (Å²) in [7, 11) is 0. The van der Waals surface area contributed by atoms with Gasteiger partial charge in [0.1, 0.15) is 0 Å². The van der Waals surface area contributed by atoms with Crippen molar-refractivity contribution in [1.29, 1.82) is 0 Å². The van der Waals surface area contributed by atoms with Crippen LogP contribution in [0.5, 0.6) is 0 Å². The fraction of sp³-hybridized carbons (Fsp3) is 0.571. The summed E-state index contributed by atoms with van der Waals surface area (Å²) in [5.74, 6) is 0. The minimum absolute atomic E-state index is 0.0776. The highest BCUT2D eigenvalue weighted by Crippen LogP contribution is 2.27. The van der Waals surface area contributed by atoms with Crippen LogP contribution in [0.3, 0.4) is 0 Å².